The van der Waals surface area contributed by atoms with Crippen LogP contribution in [0.15, 0.2) is 53.0 Å². The van der Waals surface area contributed by atoms with Crippen molar-refractivity contribution in [2.24, 2.45) is 0 Å². The molecule has 0 spiro atoms. The van der Waals surface area contributed by atoms with Gasteiger partial charge in [-0.1, -0.05) is 15.9 Å². The van der Waals surface area contributed by atoms with Crippen molar-refractivity contribution in [2.75, 3.05) is 10.6 Å². The molecule has 2 amide bonds. The number of ether oxygens (including phenoxy) is 1. The smallest absolute Gasteiger partial charge is 0.265 e. The highest BCUT2D eigenvalue weighted by Gasteiger charge is 2.14. The molecule has 2 aromatic rings. The summed E-state index contributed by atoms with van der Waals surface area (Å²) in [6.45, 7) is 3.12. The SMILES string of the molecule is CC(=O)Nc1ccc(OC(C)C(=O)Nc2ccc(Br)cc2)cc1. The summed E-state index contributed by atoms with van der Waals surface area (Å²) in [7, 11) is 0. The van der Waals surface area contributed by atoms with Gasteiger partial charge in [-0.15, -0.1) is 0 Å². The van der Waals surface area contributed by atoms with Crippen molar-refractivity contribution in [3.63, 3.8) is 0 Å². The average molecular weight is 377 g/mol. The monoisotopic (exact) mass is 376 g/mol. The van der Waals surface area contributed by atoms with Crippen LogP contribution in [0.25, 0.3) is 0 Å². The Morgan fingerprint density at radius 2 is 1.48 bits per heavy atom. The molecule has 0 aliphatic rings. The number of nitrogens with one attached hydrogen (secondary N) is 2. The maximum Gasteiger partial charge on any atom is 0.265 e. The summed E-state index contributed by atoms with van der Waals surface area (Å²) in [5.74, 6) is 0.178. The van der Waals surface area contributed by atoms with Gasteiger partial charge in [-0.25, -0.2) is 0 Å². The fourth-order valence-electron chi connectivity index (χ4n) is 1.85. The molecule has 1 atom stereocenters. The van der Waals surface area contributed by atoms with Crippen molar-refractivity contribution < 1.29 is 14.3 Å². The van der Waals surface area contributed by atoms with Crippen molar-refractivity contribution in [2.45, 2.75) is 20.0 Å². The highest BCUT2D eigenvalue weighted by atomic mass is 79.9. The van der Waals surface area contributed by atoms with E-state index in [1.54, 1.807) is 43.3 Å². The second-order valence-corrected chi connectivity index (χ2v) is 5.88. The summed E-state index contributed by atoms with van der Waals surface area (Å²) < 4.78 is 6.54. The molecule has 120 valence electrons. The first-order chi connectivity index (χ1) is 10.9. The summed E-state index contributed by atoms with van der Waals surface area (Å²) in [4.78, 5) is 23.1. The van der Waals surface area contributed by atoms with Crippen LogP contribution in [0.3, 0.4) is 0 Å². The van der Waals surface area contributed by atoms with Gasteiger partial charge < -0.3 is 15.4 Å². The summed E-state index contributed by atoms with van der Waals surface area (Å²) in [5.41, 5.74) is 1.38. The molecule has 0 heterocycles. The molecule has 0 bridgehead atoms. The standard InChI is InChI=1S/C17H17BrN2O3/c1-11(17(22)20-15-5-3-13(18)4-6-15)23-16-9-7-14(8-10-16)19-12(2)21/h3-11H,1-2H3,(H,19,21)(H,20,22). The Morgan fingerprint density at radius 3 is 2.04 bits per heavy atom. The molecule has 0 radical (unpaired) electrons. The van der Waals surface area contributed by atoms with E-state index in [1.165, 1.54) is 6.92 Å². The van der Waals surface area contributed by atoms with Crippen LogP contribution in [0.4, 0.5) is 11.4 Å². The van der Waals surface area contributed by atoms with Crippen LogP contribution in [0.1, 0.15) is 13.8 Å². The lowest BCUT2D eigenvalue weighted by Gasteiger charge is -2.15. The third kappa shape index (κ3) is 5.41. The Balaban J connectivity index is 1.92. The summed E-state index contributed by atoms with van der Waals surface area (Å²) in [6.07, 6.45) is -0.648. The molecule has 6 heteroatoms. The largest absolute Gasteiger partial charge is 0.481 e. The maximum atomic E-state index is 12.1. The first-order valence-corrected chi connectivity index (χ1v) is 7.84. The maximum absolute atomic E-state index is 12.1. The number of hydrogen-bond acceptors (Lipinski definition) is 3. The molecule has 2 N–H and O–H groups in total. The van der Waals surface area contributed by atoms with Crippen LogP contribution in [-0.2, 0) is 9.59 Å². The lowest BCUT2D eigenvalue weighted by Crippen LogP contribution is -2.30. The normalized spacial score (nSPS) is 11.4. The van der Waals surface area contributed by atoms with Crippen LogP contribution in [0.5, 0.6) is 5.75 Å². The predicted octanol–water partition coefficient (Wildman–Crippen LogP) is 3.81. The molecule has 0 aromatic heterocycles. The molecule has 0 saturated carbocycles. The third-order valence-corrected chi connectivity index (χ3v) is 3.50. The fourth-order valence-corrected chi connectivity index (χ4v) is 2.12. The van der Waals surface area contributed by atoms with Gasteiger partial charge in [-0.3, -0.25) is 9.59 Å². The van der Waals surface area contributed by atoms with E-state index in [2.05, 4.69) is 26.6 Å². The topological polar surface area (TPSA) is 67.4 Å². The first kappa shape index (κ1) is 17.0. The van der Waals surface area contributed by atoms with E-state index < -0.39 is 6.10 Å². The Morgan fingerprint density at radius 1 is 0.957 bits per heavy atom. The minimum Gasteiger partial charge on any atom is -0.481 e. The van der Waals surface area contributed by atoms with Gasteiger partial charge in [0.25, 0.3) is 5.91 Å². The number of benzene rings is 2. The zero-order valence-electron chi connectivity index (χ0n) is 12.8. The molecule has 0 aliphatic heterocycles. The molecule has 0 fully saturated rings. The third-order valence-electron chi connectivity index (χ3n) is 2.97. The second-order valence-electron chi connectivity index (χ2n) is 4.96. The Hall–Kier alpha value is -2.34. The van der Waals surface area contributed by atoms with Crippen molar-refractivity contribution in [3.8, 4) is 5.75 Å². The van der Waals surface area contributed by atoms with E-state index in [9.17, 15) is 9.59 Å². The molecule has 0 aliphatic carbocycles. The van der Waals surface area contributed by atoms with Gasteiger partial charge in [-0.2, -0.15) is 0 Å². The van der Waals surface area contributed by atoms with E-state index in [-0.39, 0.29) is 11.8 Å². The van der Waals surface area contributed by atoms with Gasteiger partial charge in [-0.05, 0) is 55.5 Å². The summed E-state index contributed by atoms with van der Waals surface area (Å²) in [6, 6.07) is 14.1. The lowest BCUT2D eigenvalue weighted by atomic mass is 10.2. The first-order valence-electron chi connectivity index (χ1n) is 7.05. The molecule has 2 rings (SSSR count). The Labute approximate surface area is 143 Å². The van der Waals surface area contributed by atoms with Gasteiger partial charge in [0, 0.05) is 22.8 Å². The number of carbonyl (C=O) groups excluding carboxylic acids is 2. The van der Waals surface area contributed by atoms with Crippen LogP contribution >= 0.6 is 15.9 Å². The van der Waals surface area contributed by atoms with Crippen molar-refractivity contribution in [1.29, 1.82) is 0 Å². The van der Waals surface area contributed by atoms with Gasteiger partial charge in [0.15, 0.2) is 6.10 Å². The van der Waals surface area contributed by atoms with E-state index in [0.717, 1.165) is 4.47 Å². The molecule has 1 unspecified atom stereocenters. The summed E-state index contributed by atoms with van der Waals surface area (Å²) >= 11 is 3.34. The quantitative estimate of drug-likeness (QED) is 0.833. The van der Waals surface area contributed by atoms with Crippen molar-refractivity contribution in [1.82, 2.24) is 0 Å². The van der Waals surface area contributed by atoms with Crippen LogP contribution in [0, 0.1) is 0 Å². The number of hydrogen-bond donors (Lipinski definition) is 2. The highest BCUT2D eigenvalue weighted by Crippen LogP contribution is 2.18. The molecule has 0 saturated heterocycles. The van der Waals surface area contributed by atoms with E-state index >= 15 is 0 Å². The van der Waals surface area contributed by atoms with Crippen LogP contribution in [0.2, 0.25) is 0 Å². The molecular weight excluding hydrogens is 360 g/mol. The minimum absolute atomic E-state index is 0.138. The Bertz CT molecular complexity index is 684. The number of amides is 2. The highest BCUT2D eigenvalue weighted by molar-refractivity contribution is 9.10. The van der Waals surface area contributed by atoms with Crippen molar-refractivity contribution in [3.05, 3.63) is 53.0 Å². The van der Waals surface area contributed by atoms with Crippen molar-refractivity contribution >= 4 is 39.1 Å². The van der Waals surface area contributed by atoms with Gasteiger partial charge in [0.1, 0.15) is 5.75 Å². The number of carbonyl (C=O) groups is 2. The molecule has 23 heavy (non-hydrogen) atoms. The molecule has 5 nitrogen and oxygen atoms in total. The second kappa shape index (κ2) is 7.78. The molecule has 2 aromatic carbocycles. The predicted molar refractivity (Wildman–Crippen MR) is 93.6 cm³/mol. The zero-order chi connectivity index (χ0) is 16.8. The number of rotatable bonds is 5. The minimum atomic E-state index is -0.648. The Kier molecular flexibility index (Phi) is 5.76. The number of anilines is 2. The zero-order valence-corrected chi connectivity index (χ0v) is 14.4. The molecular formula is C17H17BrN2O3. The van der Waals surface area contributed by atoms with Gasteiger partial charge in [0.2, 0.25) is 5.91 Å². The van der Waals surface area contributed by atoms with Crippen LogP contribution in [-0.4, -0.2) is 17.9 Å². The van der Waals surface area contributed by atoms with Gasteiger partial charge in [0.05, 0.1) is 0 Å². The lowest BCUT2D eigenvalue weighted by molar-refractivity contribution is -0.122. The number of halogens is 1. The van der Waals surface area contributed by atoms with Gasteiger partial charge >= 0.3 is 0 Å². The van der Waals surface area contributed by atoms with Crippen LogP contribution < -0.4 is 15.4 Å². The van der Waals surface area contributed by atoms with E-state index in [0.29, 0.717) is 17.1 Å². The van der Waals surface area contributed by atoms with E-state index in [1.807, 2.05) is 12.1 Å². The average Bonchev–Trinajstić information content (AvgIpc) is 2.51. The summed E-state index contributed by atoms with van der Waals surface area (Å²) in [5, 5.41) is 5.45. The fraction of sp³-hybridized carbons (Fsp3) is 0.176. The van der Waals surface area contributed by atoms with E-state index in [4.69, 9.17) is 4.74 Å².